The molecule has 0 aliphatic carbocycles. The van der Waals surface area contributed by atoms with E-state index in [9.17, 15) is 0 Å². The highest BCUT2D eigenvalue weighted by molar-refractivity contribution is 6.35. The lowest BCUT2D eigenvalue weighted by molar-refractivity contribution is 0.639. The number of halogens is 1. The number of aromatic nitrogens is 5. The van der Waals surface area contributed by atoms with Gasteiger partial charge in [-0.3, -0.25) is 4.68 Å². The zero-order chi connectivity index (χ0) is 21.5. The van der Waals surface area contributed by atoms with Gasteiger partial charge in [-0.2, -0.15) is 5.10 Å². The molecule has 0 bridgehead atoms. The Hall–Kier alpha value is -2.86. The first kappa shape index (κ1) is 20.1. The summed E-state index contributed by atoms with van der Waals surface area (Å²) in [7, 11) is 0. The fraction of sp³-hybridized carbons (Fsp3) is 0.375. The van der Waals surface area contributed by atoms with E-state index in [-0.39, 0.29) is 0 Å². The molecule has 1 fully saturated rings. The number of nitrogens with zero attached hydrogens (tertiary/aromatic N) is 6. The Morgan fingerprint density at radius 2 is 1.87 bits per heavy atom. The Labute approximate surface area is 187 Å². The SMILES string of the molecule is CCn1ccc(Cn2c(-c3ccc(N4C(C)CC[C@@H]4C)nc3)nc3c(Cl)cccc32)n1. The minimum Gasteiger partial charge on any atom is -0.351 e. The number of hydrogen-bond donors (Lipinski definition) is 0. The summed E-state index contributed by atoms with van der Waals surface area (Å²) in [4.78, 5) is 12.1. The van der Waals surface area contributed by atoms with Crippen LogP contribution in [0.25, 0.3) is 22.4 Å². The molecular formula is C24H27ClN6. The van der Waals surface area contributed by atoms with Crippen LogP contribution < -0.4 is 4.90 Å². The van der Waals surface area contributed by atoms with Crippen molar-refractivity contribution in [2.75, 3.05) is 4.90 Å². The lowest BCUT2D eigenvalue weighted by atomic mass is 10.2. The normalized spacial score (nSPS) is 18.9. The Kier molecular flexibility index (Phi) is 5.18. The van der Waals surface area contributed by atoms with Crippen LogP contribution in [-0.4, -0.2) is 36.4 Å². The van der Waals surface area contributed by atoms with Gasteiger partial charge in [0.15, 0.2) is 0 Å². The van der Waals surface area contributed by atoms with Gasteiger partial charge in [-0.1, -0.05) is 17.7 Å². The van der Waals surface area contributed by atoms with Gasteiger partial charge in [-0.05, 0) is 63.9 Å². The average Bonchev–Trinajstić information content (AvgIpc) is 3.47. The van der Waals surface area contributed by atoms with Crippen LogP contribution in [-0.2, 0) is 13.1 Å². The van der Waals surface area contributed by atoms with Crippen LogP contribution in [0.3, 0.4) is 0 Å². The molecule has 2 atom stereocenters. The summed E-state index contributed by atoms with van der Waals surface area (Å²) >= 11 is 6.48. The molecule has 5 rings (SSSR count). The van der Waals surface area contributed by atoms with E-state index in [0.717, 1.165) is 40.5 Å². The van der Waals surface area contributed by atoms with E-state index in [0.29, 0.717) is 23.7 Å². The highest BCUT2D eigenvalue weighted by Crippen LogP contribution is 2.32. The Morgan fingerprint density at radius 1 is 1.06 bits per heavy atom. The van der Waals surface area contributed by atoms with E-state index in [4.69, 9.17) is 21.6 Å². The zero-order valence-corrected chi connectivity index (χ0v) is 18.9. The van der Waals surface area contributed by atoms with Gasteiger partial charge in [0.25, 0.3) is 0 Å². The van der Waals surface area contributed by atoms with Gasteiger partial charge >= 0.3 is 0 Å². The molecular weight excluding hydrogens is 408 g/mol. The molecule has 1 aliphatic rings. The maximum absolute atomic E-state index is 6.48. The van der Waals surface area contributed by atoms with E-state index in [1.165, 1.54) is 12.8 Å². The van der Waals surface area contributed by atoms with E-state index in [2.05, 4.69) is 59.6 Å². The summed E-state index contributed by atoms with van der Waals surface area (Å²) in [6.45, 7) is 8.11. The topological polar surface area (TPSA) is 51.8 Å². The van der Waals surface area contributed by atoms with E-state index in [1.807, 2.05) is 29.2 Å². The van der Waals surface area contributed by atoms with Crippen molar-refractivity contribution in [1.82, 2.24) is 24.3 Å². The summed E-state index contributed by atoms with van der Waals surface area (Å²) in [5.41, 5.74) is 3.77. The van der Waals surface area contributed by atoms with Crippen LogP contribution in [0.15, 0.2) is 48.8 Å². The molecule has 1 aliphatic heterocycles. The number of imidazole rings is 1. The van der Waals surface area contributed by atoms with Crippen LogP contribution >= 0.6 is 11.6 Å². The molecule has 6 nitrogen and oxygen atoms in total. The van der Waals surface area contributed by atoms with Crippen molar-refractivity contribution < 1.29 is 0 Å². The Morgan fingerprint density at radius 3 is 2.55 bits per heavy atom. The quantitative estimate of drug-likeness (QED) is 0.422. The Balaban J connectivity index is 1.56. The minimum absolute atomic E-state index is 0.519. The zero-order valence-electron chi connectivity index (χ0n) is 18.2. The lowest BCUT2D eigenvalue weighted by Crippen LogP contribution is -2.33. The summed E-state index contributed by atoms with van der Waals surface area (Å²) in [5, 5.41) is 5.32. The lowest BCUT2D eigenvalue weighted by Gasteiger charge is -2.27. The van der Waals surface area contributed by atoms with Gasteiger partial charge < -0.3 is 9.47 Å². The summed E-state index contributed by atoms with van der Waals surface area (Å²) in [5.74, 6) is 1.89. The van der Waals surface area contributed by atoms with Crippen molar-refractivity contribution in [3.05, 3.63) is 59.5 Å². The fourth-order valence-electron chi connectivity index (χ4n) is 4.64. The molecule has 0 radical (unpaired) electrons. The fourth-order valence-corrected chi connectivity index (χ4v) is 4.85. The molecule has 31 heavy (non-hydrogen) atoms. The predicted molar refractivity (Wildman–Crippen MR) is 126 cm³/mol. The monoisotopic (exact) mass is 434 g/mol. The molecule has 1 saturated heterocycles. The van der Waals surface area contributed by atoms with E-state index in [1.54, 1.807) is 0 Å². The number of aryl methyl sites for hydroxylation is 1. The van der Waals surface area contributed by atoms with Crippen molar-refractivity contribution in [2.45, 2.75) is 58.8 Å². The van der Waals surface area contributed by atoms with Crippen LogP contribution in [0.1, 0.15) is 39.3 Å². The van der Waals surface area contributed by atoms with Gasteiger partial charge in [-0.15, -0.1) is 0 Å². The third-order valence-electron chi connectivity index (χ3n) is 6.29. The Bertz CT molecular complexity index is 1200. The second-order valence-corrected chi connectivity index (χ2v) is 8.79. The van der Waals surface area contributed by atoms with Crippen LogP contribution in [0.5, 0.6) is 0 Å². The number of rotatable bonds is 5. The maximum Gasteiger partial charge on any atom is 0.143 e. The highest BCUT2D eigenvalue weighted by atomic mass is 35.5. The van der Waals surface area contributed by atoms with Gasteiger partial charge in [0.05, 0.1) is 22.8 Å². The molecule has 0 amide bonds. The standard InChI is InChI=1S/C24H27ClN6/c1-4-29-13-12-19(28-29)15-30-21-7-5-6-20(25)23(21)27-24(30)18-10-11-22(26-14-18)31-16(2)8-9-17(31)3/h5-7,10-14,16-17H,4,8-9,15H2,1-3H3/t16-,17?/m0/s1. The predicted octanol–water partition coefficient (Wildman–Crippen LogP) is 5.39. The summed E-state index contributed by atoms with van der Waals surface area (Å²) in [6, 6.07) is 13.2. The first-order chi connectivity index (χ1) is 15.0. The molecule has 4 aromatic rings. The summed E-state index contributed by atoms with van der Waals surface area (Å²) in [6.07, 6.45) is 6.37. The van der Waals surface area contributed by atoms with Crippen molar-refractivity contribution in [1.29, 1.82) is 0 Å². The molecule has 4 heterocycles. The second kappa shape index (κ2) is 8.00. The number of anilines is 1. The molecule has 7 heteroatoms. The number of benzene rings is 1. The summed E-state index contributed by atoms with van der Waals surface area (Å²) < 4.78 is 4.12. The third kappa shape index (κ3) is 3.59. The molecule has 1 unspecified atom stereocenters. The van der Waals surface area contributed by atoms with E-state index >= 15 is 0 Å². The third-order valence-corrected chi connectivity index (χ3v) is 6.60. The van der Waals surface area contributed by atoms with Crippen molar-refractivity contribution in [2.24, 2.45) is 0 Å². The van der Waals surface area contributed by atoms with Crippen molar-refractivity contribution in [3.8, 4) is 11.4 Å². The molecule has 160 valence electrons. The molecule has 0 spiro atoms. The van der Waals surface area contributed by atoms with Gasteiger partial charge in [0.1, 0.15) is 17.2 Å². The van der Waals surface area contributed by atoms with Gasteiger partial charge in [0, 0.05) is 36.6 Å². The first-order valence-corrected chi connectivity index (χ1v) is 11.3. The van der Waals surface area contributed by atoms with Crippen molar-refractivity contribution >= 4 is 28.5 Å². The maximum atomic E-state index is 6.48. The van der Waals surface area contributed by atoms with Crippen molar-refractivity contribution in [3.63, 3.8) is 0 Å². The number of para-hydroxylation sites is 1. The van der Waals surface area contributed by atoms with Crippen LogP contribution in [0, 0.1) is 0 Å². The first-order valence-electron chi connectivity index (χ1n) is 11.0. The largest absolute Gasteiger partial charge is 0.351 e. The number of pyridine rings is 1. The van der Waals surface area contributed by atoms with Gasteiger partial charge in [-0.25, -0.2) is 9.97 Å². The smallest absolute Gasteiger partial charge is 0.143 e. The van der Waals surface area contributed by atoms with Gasteiger partial charge in [0.2, 0.25) is 0 Å². The van der Waals surface area contributed by atoms with Crippen LogP contribution in [0.2, 0.25) is 5.02 Å². The van der Waals surface area contributed by atoms with Crippen LogP contribution in [0.4, 0.5) is 5.82 Å². The number of hydrogen-bond acceptors (Lipinski definition) is 4. The van der Waals surface area contributed by atoms with E-state index < -0.39 is 0 Å². The molecule has 0 N–H and O–H groups in total. The molecule has 3 aromatic heterocycles. The number of fused-ring (bicyclic) bond motifs is 1. The molecule has 0 saturated carbocycles. The average molecular weight is 435 g/mol. The molecule has 1 aromatic carbocycles. The minimum atomic E-state index is 0.519. The second-order valence-electron chi connectivity index (χ2n) is 8.38. The highest BCUT2D eigenvalue weighted by Gasteiger charge is 2.28.